The monoisotopic (exact) mass is 176 g/mol. The molecule has 0 amide bonds. The van der Waals surface area contributed by atoms with Crippen molar-refractivity contribution in [1.29, 1.82) is 0 Å². The molecule has 0 aromatic carbocycles. The van der Waals surface area contributed by atoms with Crippen LogP contribution in [0.1, 0.15) is 31.6 Å². The lowest BCUT2D eigenvalue weighted by molar-refractivity contribution is 0.164. The van der Waals surface area contributed by atoms with Crippen LogP contribution in [-0.2, 0) is 0 Å². The molecule has 13 heavy (non-hydrogen) atoms. The highest BCUT2D eigenvalue weighted by Gasteiger charge is 2.06. The molecule has 68 valence electrons. The van der Waals surface area contributed by atoms with Crippen LogP contribution < -0.4 is 0 Å². The molecule has 0 aliphatic heterocycles. The molecule has 1 atom stereocenters. The van der Waals surface area contributed by atoms with Crippen molar-refractivity contribution in [3.05, 3.63) is 24.3 Å². The zero-order valence-corrected chi connectivity index (χ0v) is 7.57. The third-order valence-electron chi connectivity index (χ3n) is 1.64. The van der Waals surface area contributed by atoms with Gasteiger partial charge in [-0.05, 0) is 13.3 Å². The summed E-state index contributed by atoms with van der Waals surface area (Å²) in [6.07, 6.45) is 5.48. The van der Waals surface area contributed by atoms with E-state index in [0.717, 1.165) is 0 Å². The second-order valence-electron chi connectivity index (χ2n) is 2.61. The van der Waals surface area contributed by atoms with Crippen molar-refractivity contribution in [3.63, 3.8) is 0 Å². The number of aliphatic hydroxyl groups excluding tert-OH is 1. The summed E-state index contributed by atoms with van der Waals surface area (Å²) < 4.78 is 0. The summed E-state index contributed by atoms with van der Waals surface area (Å²) in [6.45, 7) is 1.79. The van der Waals surface area contributed by atoms with E-state index in [1.807, 2.05) is 0 Å². The Kier molecular flexibility index (Phi) is 3.94. The Bertz CT molecular complexity index is 300. The van der Waals surface area contributed by atoms with Crippen LogP contribution in [0.5, 0.6) is 0 Å². The molecule has 0 aliphatic carbocycles. The molecule has 1 aromatic rings. The molecule has 0 aliphatic rings. The fraction of sp³-hybridized carbons (Fsp3) is 0.400. The lowest BCUT2D eigenvalue weighted by Gasteiger charge is -2.05. The largest absolute Gasteiger partial charge is 0.387 e. The van der Waals surface area contributed by atoms with E-state index in [1.165, 1.54) is 0 Å². The number of hydrogen-bond acceptors (Lipinski definition) is 3. The van der Waals surface area contributed by atoms with Crippen molar-refractivity contribution in [2.45, 2.75) is 25.9 Å². The summed E-state index contributed by atoms with van der Waals surface area (Å²) >= 11 is 0. The number of aliphatic hydroxyl groups is 1. The summed E-state index contributed by atoms with van der Waals surface area (Å²) in [5.41, 5.74) is 0.611. The predicted molar refractivity (Wildman–Crippen MR) is 49.7 cm³/mol. The van der Waals surface area contributed by atoms with E-state index in [1.54, 1.807) is 25.5 Å². The van der Waals surface area contributed by atoms with Gasteiger partial charge in [-0.25, -0.2) is 0 Å². The SMILES string of the molecule is CC#CCCC(O)c1cnccn1. The fourth-order valence-electron chi connectivity index (χ4n) is 0.964. The predicted octanol–water partition coefficient (Wildman–Crippen LogP) is 1.31. The van der Waals surface area contributed by atoms with Gasteiger partial charge < -0.3 is 5.11 Å². The normalized spacial score (nSPS) is 11.5. The van der Waals surface area contributed by atoms with Crippen LogP contribution in [0.4, 0.5) is 0 Å². The van der Waals surface area contributed by atoms with Gasteiger partial charge in [-0.1, -0.05) is 0 Å². The molecular formula is C10H12N2O. The lowest BCUT2D eigenvalue weighted by atomic mass is 10.1. The van der Waals surface area contributed by atoms with Gasteiger partial charge in [0.2, 0.25) is 0 Å². The smallest absolute Gasteiger partial charge is 0.0984 e. The van der Waals surface area contributed by atoms with Gasteiger partial charge in [0, 0.05) is 18.8 Å². The average molecular weight is 176 g/mol. The molecule has 0 fully saturated rings. The third-order valence-corrected chi connectivity index (χ3v) is 1.64. The Labute approximate surface area is 77.9 Å². The molecule has 1 unspecified atom stereocenters. The minimum atomic E-state index is -0.547. The van der Waals surface area contributed by atoms with Gasteiger partial charge in [0.1, 0.15) is 0 Å². The van der Waals surface area contributed by atoms with E-state index >= 15 is 0 Å². The van der Waals surface area contributed by atoms with Crippen LogP contribution in [0, 0.1) is 11.8 Å². The van der Waals surface area contributed by atoms with Crippen molar-refractivity contribution in [2.75, 3.05) is 0 Å². The zero-order valence-electron chi connectivity index (χ0n) is 7.57. The Morgan fingerprint density at radius 3 is 3.00 bits per heavy atom. The first-order valence-corrected chi connectivity index (χ1v) is 4.18. The van der Waals surface area contributed by atoms with Crippen molar-refractivity contribution >= 4 is 0 Å². The maximum absolute atomic E-state index is 9.58. The van der Waals surface area contributed by atoms with Gasteiger partial charge >= 0.3 is 0 Å². The van der Waals surface area contributed by atoms with Crippen LogP contribution in [0.15, 0.2) is 18.6 Å². The second kappa shape index (κ2) is 5.28. The summed E-state index contributed by atoms with van der Waals surface area (Å²) in [4.78, 5) is 7.87. The highest BCUT2D eigenvalue weighted by Crippen LogP contribution is 2.13. The fourth-order valence-corrected chi connectivity index (χ4v) is 0.964. The molecule has 0 spiro atoms. The van der Waals surface area contributed by atoms with E-state index in [-0.39, 0.29) is 0 Å². The van der Waals surface area contributed by atoms with Crippen LogP contribution in [0.2, 0.25) is 0 Å². The summed E-state index contributed by atoms with van der Waals surface area (Å²) in [7, 11) is 0. The average Bonchev–Trinajstić information content (AvgIpc) is 2.19. The van der Waals surface area contributed by atoms with Gasteiger partial charge in [-0.2, -0.15) is 0 Å². The van der Waals surface area contributed by atoms with Gasteiger partial charge in [0.15, 0.2) is 0 Å². The molecule has 0 radical (unpaired) electrons. The molecule has 0 saturated heterocycles. The van der Waals surface area contributed by atoms with Crippen LogP contribution in [-0.4, -0.2) is 15.1 Å². The molecule has 3 heteroatoms. The first kappa shape index (κ1) is 9.69. The highest BCUT2D eigenvalue weighted by molar-refractivity contribution is 5.01. The maximum Gasteiger partial charge on any atom is 0.0984 e. The van der Waals surface area contributed by atoms with Gasteiger partial charge in [0.05, 0.1) is 18.0 Å². The molecule has 1 aromatic heterocycles. The second-order valence-corrected chi connectivity index (χ2v) is 2.61. The van der Waals surface area contributed by atoms with Crippen LogP contribution in [0.3, 0.4) is 0 Å². The number of aromatic nitrogens is 2. The van der Waals surface area contributed by atoms with E-state index in [9.17, 15) is 5.11 Å². The Balaban J connectivity index is 2.47. The molecule has 1 N–H and O–H groups in total. The van der Waals surface area contributed by atoms with Crippen LogP contribution >= 0.6 is 0 Å². The Hall–Kier alpha value is -1.40. The first-order valence-electron chi connectivity index (χ1n) is 4.18. The van der Waals surface area contributed by atoms with Gasteiger partial charge in [-0.15, -0.1) is 11.8 Å². The topological polar surface area (TPSA) is 46.0 Å². The van der Waals surface area contributed by atoms with E-state index in [2.05, 4.69) is 21.8 Å². The minimum Gasteiger partial charge on any atom is -0.387 e. The molecule has 0 bridgehead atoms. The number of nitrogens with zero attached hydrogens (tertiary/aromatic N) is 2. The van der Waals surface area contributed by atoms with Gasteiger partial charge in [0.25, 0.3) is 0 Å². The summed E-state index contributed by atoms with van der Waals surface area (Å²) in [5, 5.41) is 9.58. The number of rotatable bonds is 3. The van der Waals surface area contributed by atoms with E-state index in [0.29, 0.717) is 18.5 Å². The number of hydrogen-bond donors (Lipinski definition) is 1. The molecular weight excluding hydrogens is 164 g/mol. The molecule has 0 saturated carbocycles. The first-order chi connectivity index (χ1) is 6.34. The summed E-state index contributed by atoms with van der Waals surface area (Å²) in [6, 6.07) is 0. The quantitative estimate of drug-likeness (QED) is 0.706. The van der Waals surface area contributed by atoms with Crippen LogP contribution in [0.25, 0.3) is 0 Å². The molecule has 3 nitrogen and oxygen atoms in total. The van der Waals surface area contributed by atoms with E-state index < -0.39 is 6.10 Å². The standard InChI is InChI=1S/C10H12N2O/c1-2-3-4-5-10(13)9-8-11-6-7-12-9/h6-8,10,13H,4-5H2,1H3. The van der Waals surface area contributed by atoms with Crippen molar-refractivity contribution in [1.82, 2.24) is 9.97 Å². The van der Waals surface area contributed by atoms with Gasteiger partial charge in [-0.3, -0.25) is 9.97 Å². The molecule has 1 heterocycles. The van der Waals surface area contributed by atoms with Crippen molar-refractivity contribution in [3.8, 4) is 11.8 Å². The highest BCUT2D eigenvalue weighted by atomic mass is 16.3. The van der Waals surface area contributed by atoms with Crippen molar-refractivity contribution in [2.24, 2.45) is 0 Å². The maximum atomic E-state index is 9.58. The summed E-state index contributed by atoms with van der Waals surface area (Å²) in [5.74, 6) is 5.67. The molecule has 1 rings (SSSR count). The van der Waals surface area contributed by atoms with E-state index in [4.69, 9.17) is 0 Å². The Morgan fingerprint density at radius 1 is 1.54 bits per heavy atom. The lowest BCUT2D eigenvalue weighted by Crippen LogP contribution is -1.99. The van der Waals surface area contributed by atoms with Crippen molar-refractivity contribution < 1.29 is 5.11 Å². The minimum absolute atomic E-state index is 0.547. The third kappa shape index (κ3) is 3.22. The zero-order chi connectivity index (χ0) is 9.52. The Morgan fingerprint density at radius 2 is 2.38 bits per heavy atom.